The van der Waals surface area contributed by atoms with Gasteiger partial charge in [-0.25, -0.2) is 15.0 Å². The van der Waals surface area contributed by atoms with Crippen molar-refractivity contribution in [2.24, 2.45) is 0 Å². The maximum atomic E-state index is 6.03. The van der Waals surface area contributed by atoms with E-state index >= 15 is 0 Å². The van der Waals surface area contributed by atoms with E-state index in [1.54, 1.807) is 12.4 Å². The summed E-state index contributed by atoms with van der Waals surface area (Å²) < 4.78 is 0. The predicted molar refractivity (Wildman–Crippen MR) is 75.1 cm³/mol. The number of nitrogens with zero attached hydrogens (tertiary/aromatic N) is 3. The third-order valence-corrected chi connectivity index (χ3v) is 3.15. The van der Waals surface area contributed by atoms with Crippen molar-refractivity contribution < 1.29 is 0 Å². The molecule has 0 spiro atoms. The number of aryl methyl sites for hydroxylation is 1. The topological polar surface area (TPSA) is 50.7 Å². The second-order valence-electron chi connectivity index (χ2n) is 4.52. The van der Waals surface area contributed by atoms with E-state index in [0.717, 1.165) is 29.3 Å². The van der Waals surface area contributed by atoms with Crippen LogP contribution in [0.25, 0.3) is 10.9 Å². The number of anilines is 1. The minimum Gasteiger partial charge on any atom is -0.352 e. The van der Waals surface area contributed by atoms with Crippen LogP contribution in [0.1, 0.15) is 32.3 Å². The van der Waals surface area contributed by atoms with Crippen molar-refractivity contribution in [1.82, 2.24) is 15.0 Å². The quantitative estimate of drug-likeness (QED) is 0.858. The minimum atomic E-state index is 0.366. The maximum Gasteiger partial charge on any atom is 0.223 e. The summed E-state index contributed by atoms with van der Waals surface area (Å²) in [6.45, 7) is 6.26. The molecule has 0 radical (unpaired) electrons. The second kappa shape index (κ2) is 5.48. The van der Waals surface area contributed by atoms with Crippen LogP contribution in [0.5, 0.6) is 0 Å². The highest BCUT2D eigenvalue weighted by molar-refractivity contribution is 6.34. The average molecular weight is 265 g/mol. The lowest BCUT2D eigenvalue weighted by Gasteiger charge is -2.13. The molecule has 0 aromatic carbocycles. The van der Waals surface area contributed by atoms with Gasteiger partial charge in [-0.1, -0.05) is 24.9 Å². The molecule has 0 aliphatic carbocycles. The first-order chi connectivity index (χ1) is 8.61. The lowest BCUT2D eigenvalue weighted by Crippen LogP contribution is -2.16. The Hall–Kier alpha value is -1.42. The lowest BCUT2D eigenvalue weighted by molar-refractivity contribution is 0.684. The van der Waals surface area contributed by atoms with Gasteiger partial charge in [-0.15, -0.1) is 0 Å². The molecule has 2 heterocycles. The van der Waals surface area contributed by atoms with E-state index in [1.165, 1.54) is 0 Å². The van der Waals surface area contributed by atoms with Gasteiger partial charge in [0.2, 0.25) is 5.95 Å². The smallest absolute Gasteiger partial charge is 0.223 e. The van der Waals surface area contributed by atoms with Gasteiger partial charge in [0.1, 0.15) is 5.15 Å². The number of aromatic nitrogens is 3. The largest absolute Gasteiger partial charge is 0.352 e. The van der Waals surface area contributed by atoms with Crippen molar-refractivity contribution in [1.29, 1.82) is 0 Å². The first kappa shape index (κ1) is 13.0. The molecule has 0 fully saturated rings. The Bertz CT molecular complexity index is 556. The molecule has 0 saturated heterocycles. The van der Waals surface area contributed by atoms with E-state index in [4.69, 9.17) is 11.6 Å². The zero-order valence-corrected chi connectivity index (χ0v) is 11.6. The maximum absolute atomic E-state index is 6.03. The van der Waals surface area contributed by atoms with Gasteiger partial charge in [0.25, 0.3) is 0 Å². The van der Waals surface area contributed by atoms with E-state index < -0.39 is 0 Å². The fourth-order valence-electron chi connectivity index (χ4n) is 1.91. The summed E-state index contributed by atoms with van der Waals surface area (Å²) in [4.78, 5) is 12.9. The molecular weight excluding hydrogens is 248 g/mol. The Morgan fingerprint density at radius 1 is 1.33 bits per heavy atom. The van der Waals surface area contributed by atoms with Gasteiger partial charge in [0.15, 0.2) is 0 Å². The molecule has 1 unspecified atom stereocenters. The minimum absolute atomic E-state index is 0.366. The fourth-order valence-corrected chi connectivity index (χ4v) is 2.10. The molecule has 1 N–H and O–H groups in total. The molecule has 0 aliphatic heterocycles. The molecule has 18 heavy (non-hydrogen) atoms. The van der Waals surface area contributed by atoms with Gasteiger partial charge in [0, 0.05) is 18.4 Å². The van der Waals surface area contributed by atoms with Crippen LogP contribution in [-0.4, -0.2) is 21.0 Å². The number of halogens is 1. The highest BCUT2D eigenvalue weighted by Crippen LogP contribution is 2.22. The Labute approximate surface area is 112 Å². The molecule has 0 saturated carbocycles. The van der Waals surface area contributed by atoms with Gasteiger partial charge >= 0.3 is 0 Å². The number of pyridine rings is 1. The Kier molecular flexibility index (Phi) is 3.97. The summed E-state index contributed by atoms with van der Waals surface area (Å²) in [5.41, 5.74) is 1.86. The fraction of sp³-hybridized carbons (Fsp3) is 0.462. The van der Waals surface area contributed by atoms with Crippen LogP contribution in [0, 0.1) is 6.92 Å². The van der Waals surface area contributed by atoms with Crippen LogP contribution < -0.4 is 5.32 Å². The zero-order valence-electron chi connectivity index (χ0n) is 10.9. The molecule has 96 valence electrons. The molecule has 0 aliphatic rings. The third-order valence-electron chi connectivity index (χ3n) is 2.85. The Morgan fingerprint density at radius 3 is 2.83 bits per heavy atom. The van der Waals surface area contributed by atoms with Crippen molar-refractivity contribution in [3.8, 4) is 0 Å². The van der Waals surface area contributed by atoms with Crippen LogP contribution in [0.4, 0.5) is 5.95 Å². The lowest BCUT2D eigenvalue weighted by atomic mass is 10.2. The number of hydrogen-bond donors (Lipinski definition) is 1. The van der Waals surface area contributed by atoms with Crippen LogP contribution >= 0.6 is 11.6 Å². The van der Waals surface area contributed by atoms with Gasteiger partial charge in [-0.2, -0.15) is 0 Å². The van der Waals surface area contributed by atoms with Gasteiger partial charge in [-0.3, -0.25) is 0 Å². The summed E-state index contributed by atoms with van der Waals surface area (Å²) in [5, 5.41) is 4.54. The molecule has 2 rings (SSSR count). The Balaban J connectivity index is 2.35. The number of fused-ring (bicyclic) bond motifs is 1. The van der Waals surface area contributed by atoms with Crippen LogP contribution in [0.2, 0.25) is 5.15 Å². The molecule has 1 atom stereocenters. The standard InChI is InChI=1S/C13H17ClN4/c1-4-5-9(3)17-13-16-7-10-11(18-13)8(2)6-15-12(10)14/h6-7,9H,4-5H2,1-3H3,(H,16,17,18). The second-order valence-corrected chi connectivity index (χ2v) is 4.88. The Morgan fingerprint density at radius 2 is 2.11 bits per heavy atom. The van der Waals surface area contributed by atoms with Crippen molar-refractivity contribution >= 4 is 28.5 Å². The summed E-state index contributed by atoms with van der Waals surface area (Å²) in [7, 11) is 0. The van der Waals surface area contributed by atoms with Crippen molar-refractivity contribution in [3.63, 3.8) is 0 Å². The number of hydrogen-bond acceptors (Lipinski definition) is 4. The molecule has 5 heteroatoms. The normalized spacial score (nSPS) is 12.7. The molecule has 2 aromatic heterocycles. The van der Waals surface area contributed by atoms with E-state index in [0.29, 0.717) is 17.1 Å². The predicted octanol–water partition coefficient (Wildman–Crippen LogP) is 3.59. The summed E-state index contributed by atoms with van der Waals surface area (Å²) in [5.74, 6) is 0.647. The monoisotopic (exact) mass is 264 g/mol. The molecule has 2 aromatic rings. The van der Waals surface area contributed by atoms with Crippen LogP contribution in [0.15, 0.2) is 12.4 Å². The zero-order chi connectivity index (χ0) is 13.1. The first-order valence-corrected chi connectivity index (χ1v) is 6.54. The van der Waals surface area contributed by atoms with Crippen molar-refractivity contribution in [2.45, 2.75) is 39.7 Å². The van der Waals surface area contributed by atoms with Crippen LogP contribution in [-0.2, 0) is 0 Å². The summed E-state index contributed by atoms with van der Waals surface area (Å²) in [6.07, 6.45) is 5.69. The number of rotatable bonds is 4. The van der Waals surface area contributed by atoms with Crippen molar-refractivity contribution in [3.05, 3.63) is 23.1 Å². The molecular formula is C13H17ClN4. The van der Waals surface area contributed by atoms with Gasteiger partial charge in [-0.05, 0) is 25.8 Å². The first-order valence-electron chi connectivity index (χ1n) is 6.16. The highest BCUT2D eigenvalue weighted by Gasteiger charge is 2.08. The molecule has 4 nitrogen and oxygen atoms in total. The van der Waals surface area contributed by atoms with Crippen molar-refractivity contribution in [2.75, 3.05) is 5.32 Å². The van der Waals surface area contributed by atoms with Gasteiger partial charge in [0.05, 0.1) is 10.9 Å². The third kappa shape index (κ3) is 2.70. The number of nitrogens with one attached hydrogen (secondary N) is 1. The van der Waals surface area contributed by atoms with E-state index in [2.05, 4.69) is 34.1 Å². The SMILES string of the molecule is CCCC(C)Nc1ncc2c(Cl)ncc(C)c2n1. The van der Waals surface area contributed by atoms with Crippen LogP contribution in [0.3, 0.4) is 0 Å². The van der Waals surface area contributed by atoms with E-state index in [1.807, 2.05) is 6.92 Å². The average Bonchev–Trinajstić information content (AvgIpc) is 2.34. The highest BCUT2D eigenvalue weighted by atomic mass is 35.5. The van der Waals surface area contributed by atoms with Gasteiger partial charge < -0.3 is 5.32 Å². The summed E-state index contributed by atoms with van der Waals surface area (Å²) in [6, 6.07) is 0.366. The summed E-state index contributed by atoms with van der Waals surface area (Å²) >= 11 is 6.03. The molecule has 0 amide bonds. The molecule has 0 bridgehead atoms. The van der Waals surface area contributed by atoms with E-state index in [9.17, 15) is 0 Å². The van der Waals surface area contributed by atoms with E-state index in [-0.39, 0.29) is 0 Å².